The summed E-state index contributed by atoms with van der Waals surface area (Å²) in [7, 11) is 0. The molecule has 4 rings (SSSR count). The molecule has 1 N–H and O–H groups in total. The van der Waals surface area contributed by atoms with Crippen LogP contribution in [0.25, 0.3) is 0 Å². The van der Waals surface area contributed by atoms with Crippen LogP contribution in [-0.2, 0) is 24.3 Å². The van der Waals surface area contributed by atoms with Gasteiger partial charge in [-0.05, 0) is 37.3 Å². The zero-order valence-corrected chi connectivity index (χ0v) is 16.1. The number of nitrogens with one attached hydrogen (secondary N) is 1. The summed E-state index contributed by atoms with van der Waals surface area (Å²) in [4.78, 5) is 21.9. The minimum atomic E-state index is -0.125. The van der Waals surface area contributed by atoms with Crippen molar-refractivity contribution in [3.8, 4) is 0 Å². The fraction of sp³-hybridized carbons (Fsp3) is 0.500. The van der Waals surface area contributed by atoms with Crippen molar-refractivity contribution < 1.29 is 4.79 Å². The third kappa shape index (κ3) is 3.76. The lowest BCUT2D eigenvalue weighted by molar-refractivity contribution is -0.126. The molecule has 0 radical (unpaired) electrons. The van der Waals surface area contributed by atoms with Crippen LogP contribution in [0.1, 0.15) is 36.6 Å². The van der Waals surface area contributed by atoms with E-state index in [2.05, 4.69) is 49.7 Å². The topological polar surface area (TPSA) is 48.5 Å². The standard InChI is InChI=1S/C20H26N4OS/c1-15(24-11-8-16-6-2-3-7-17(16)13-24)19(25)21-12-18-14-26-20(22-18)23-9-4-5-10-23/h2-3,6-7,14-15H,4-5,8-13H2,1H3,(H,21,25). The third-order valence-corrected chi connectivity index (χ3v) is 6.40. The van der Waals surface area contributed by atoms with E-state index in [1.807, 2.05) is 6.92 Å². The Morgan fingerprint density at radius 1 is 1.23 bits per heavy atom. The summed E-state index contributed by atoms with van der Waals surface area (Å²) in [6.45, 7) is 6.50. The van der Waals surface area contributed by atoms with E-state index < -0.39 is 0 Å². The van der Waals surface area contributed by atoms with Crippen molar-refractivity contribution in [3.63, 3.8) is 0 Å². The molecule has 0 saturated carbocycles. The number of hydrogen-bond acceptors (Lipinski definition) is 5. The molecule has 1 unspecified atom stereocenters. The fourth-order valence-corrected chi connectivity index (χ4v) is 4.65. The molecule has 2 aliphatic heterocycles. The number of aromatic nitrogens is 1. The van der Waals surface area contributed by atoms with E-state index in [9.17, 15) is 4.79 Å². The molecule has 0 aliphatic carbocycles. The quantitative estimate of drug-likeness (QED) is 0.879. The molecule has 1 amide bonds. The molecule has 0 bridgehead atoms. The van der Waals surface area contributed by atoms with Gasteiger partial charge in [0.05, 0.1) is 18.3 Å². The summed E-state index contributed by atoms with van der Waals surface area (Å²) in [5, 5.41) is 6.22. The fourth-order valence-electron chi connectivity index (χ4n) is 3.77. The Labute approximate surface area is 159 Å². The minimum absolute atomic E-state index is 0.0834. The Kier molecular flexibility index (Phi) is 5.22. The number of anilines is 1. The van der Waals surface area contributed by atoms with Crippen molar-refractivity contribution >= 4 is 22.4 Å². The van der Waals surface area contributed by atoms with Crippen LogP contribution in [0.3, 0.4) is 0 Å². The summed E-state index contributed by atoms with van der Waals surface area (Å²) < 4.78 is 0. The Morgan fingerprint density at radius 3 is 2.81 bits per heavy atom. The molecule has 2 aliphatic rings. The van der Waals surface area contributed by atoms with Crippen LogP contribution in [0.5, 0.6) is 0 Å². The Morgan fingerprint density at radius 2 is 2.00 bits per heavy atom. The average molecular weight is 371 g/mol. The van der Waals surface area contributed by atoms with Crippen LogP contribution in [-0.4, -0.2) is 41.5 Å². The normalized spacial score (nSPS) is 18.6. The maximum Gasteiger partial charge on any atom is 0.237 e. The summed E-state index contributed by atoms with van der Waals surface area (Å²) in [5.74, 6) is 0.0834. The van der Waals surface area contributed by atoms with Gasteiger partial charge in [-0.15, -0.1) is 11.3 Å². The van der Waals surface area contributed by atoms with Crippen LogP contribution in [0.2, 0.25) is 0 Å². The average Bonchev–Trinajstić information content (AvgIpc) is 3.36. The molecule has 5 nitrogen and oxygen atoms in total. The maximum absolute atomic E-state index is 12.6. The van der Waals surface area contributed by atoms with Gasteiger partial charge in [-0.1, -0.05) is 24.3 Å². The lowest BCUT2D eigenvalue weighted by Crippen LogP contribution is -2.46. The summed E-state index contributed by atoms with van der Waals surface area (Å²) in [5.41, 5.74) is 3.71. The van der Waals surface area contributed by atoms with Gasteiger partial charge in [0.2, 0.25) is 5.91 Å². The maximum atomic E-state index is 12.6. The molecule has 1 aromatic carbocycles. The van der Waals surface area contributed by atoms with E-state index in [4.69, 9.17) is 0 Å². The van der Waals surface area contributed by atoms with Crippen molar-refractivity contribution in [1.29, 1.82) is 0 Å². The first-order valence-corrected chi connectivity index (χ1v) is 10.4. The van der Waals surface area contributed by atoms with Gasteiger partial charge in [0.25, 0.3) is 0 Å². The van der Waals surface area contributed by atoms with Gasteiger partial charge in [0.1, 0.15) is 0 Å². The van der Waals surface area contributed by atoms with Crippen LogP contribution in [0.15, 0.2) is 29.6 Å². The van der Waals surface area contributed by atoms with Gasteiger partial charge in [-0.3, -0.25) is 9.69 Å². The van der Waals surface area contributed by atoms with E-state index >= 15 is 0 Å². The first-order valence-electron chi connectivity index (χ1n) is 9.48. The molecule has 26 heavy (non-hydrogen) atoms. The third-order valence-electron chi connectivity index (χ3n) is 5.45. The molecule has 1 atom stereocenters. The van der Waals surface area contributed by atoms with E-state index in [-0.39, 0.29) is 11.9 Å². The van der Waals surface area contributed by atoms with Gasteiger partial charge < -0.3 is 10.2 Å². The minimum Gasteiger partial charge on any atom is -0.349 e. The highest BCUT2D eigenvalue weighted by molar-refractivity contribution is 7.13. The van der Waals surface area contributed by atoms with E-state index in [0.717, 1.165) is 43.4 Å². The second kappa shape index (κ2) is 7.76. The van der Waals surface area contributed by atoms with Gasteiger partial charge >= 0.3 is 0 Å². The lowest BCUT2D eigenvalue weighted by atomic mass is 9.99. The van der Waals surface area contributed by atoms with Gasteiger partial charge in [0.15, 0.2) is 5.13 Å². The van der Waals surface area contributed by atoms with Gasteiger partial charge in [-0.25, -0.2) is 4.98 Å². The van der Waals surface area contributed by atoms with Gasteiger partial charge in [-0.2, -0.15) is 0 Å². The zero-order chi connectivity index (χ0) is 17.9. The molecular weight excluding hydrogens is 344 g/mol. The molecule has 138 valence electrons. The SMILES string of the molecule is CC(C(=O)NCc1csc(N2CCCC2)n1)N1CCc2ccccc2C1. The highest BCUT2D eigenvalue weighted by Crippen LogP contribution is 2.24. The molecule has 0 spiro atoms. The molecule has 2 aromatic rings. The molecular formula is C20H26N4OS. The first kappa shape index (κ1) is 17.5. The highest BCUT2D eigenvalue weighted by Gasteiger charge is 2.25. The number of hydrogen-bond donors (Lipinski definition) is 1. The number of thiazole rings is 1. The number of fused-ring (bicyclic) bond motifs is 1. The number of benzene rings is 1. The van der Waals surface area contributed by atoms with Crippen molar-refractivity contribution in [3.05, 3.63) is 46.5 Å². The molecule has 1 aromatic heterocycles. The van der Waals surface area contributed by atoms with Crippen LogP contribution < -0.4 is 10.2 Å². The first-order chi connectivity index (χ1) is 12.7. The van der Waals surface area contributed by atoms with Crippen molar-refractivity contribution in [2.24, 2.45) is 0 Å². The van der Waals surface area contributed by atoms with Crippen molar-refractivity contribution in [1.82, 2.24) is 15.2 Å². The second-order valence-electron chi connectivity index (χ2n) is 7.20. The molecule has 3 heterocycles. The lowest BCUT2D eigenvalue weighted by Gasteiger charge is -2.32. The summed E-state index contributed by atoms with van der Waals surface area (Å²) in [6, 6.07) is 8.40. The second-order valence-corrected chi connectivity index (χ2v) is 8.04. The van der Waals surface area contributed by atoms with Crippen LogP contribution in [0, 0.1) is 0 Å². The Hall–Kier alpha value is -1.92. The number of rotatable bonds is 5. The highest BCUT2D eigenvalue weighted by atomic mass is 32.1. The Bertz CT molecular complexity index is 769. The number of amides is 1. The number of carbonyl (C=O) groups excluding carboxylic acids is 1. The summed E-state index contributed by atoms with van der Waals surface area (Å²) in [6.07, 6.45) is 3.52. The van der Waals surface area contributed by atoms with E-state index in [1.165, 1.54) is 24.0 Å². The predicted octanol–water partition coefficient (Wildman–Crippen LogP) is 2.81. The van der Waals surface area contributed by atoms with Crippen molar-refractivity contribution in [2.45, 2.75) is 45.3 Å². The van der Waals surface area contributed by atoms with E-state index in [0.29, 0.717) is 6.54 Å². The number of carbonyl (C=O) groups is 1. The van der Waals surface area contributed by atoms with E-state index in [1.54, 1.807) is 11.3 Å². The molecule has 1 fully saturated rings. The zero-order valence-electron chi connectivity index (χ0n) is 15.3. The van der Waals surface area contributed by atoms with Crippen LogP contribution in [0.4, 0.5) is 5.13 Å². The van der Waals surface area contributed by atoms with Crippen molar-refractivity contribution in [2.75, 3.05) is 24.5 Å². The largest absolute Gasteiger partial charge is 0.349 e. The monoisotopic (exact) mass is 370 g/mol. The molecule has 1 saturated heterocycles. The van der Waals surface area contributed by atoms with Gasteiger partial charge in [0, 0.05) is 31.6 Å². The Balaban J connectivity index is 1.31. The van der Waals surface area contributed by atoms with Crippen LogP contribution >= 0.6 is 11.3 Å². The smallest absolute Gasteiger partial charge is 0.237 e. The molecule has 6 heteroatoms. The summed E-state index contributed by atoms with van der Waals surface area (Å²) >= 11 is 1.68. The number of nitrogens with zero attached hydrogens (tertiary/aromatic N) is 3. The predicted molar refractivity (Wildman–Crippen MR) is 105 cm³/mol.